The second kappa shape index (κ2) is 15.2. The van der Waals surface area contributed by atoms with Gasteiger partial charge in [-0.25, -0.2) is 9.59 Å². The van der Waals surface area contributed by atoms with Gasteiger partial charge in [0, 0.05) is 6.42 Å². The molecule has 0 saturated heterocycles. The highest BCUT2D eigenvalue weighted by Gasteiger charge is 2.50. The van der Waals surface area contributed by atoms with Gasteiger partial charge in [-0.2, -0.15) is 13.2 Å². The zero-order valence-electron chi connectivity index (χ0n) is 25.5. The summed E-state index contributed by atoms with van der Waals surface area (Å²) in [5.74, 6) is -3.07. The van der Waals surface area contributed by atoms with Gasteiger partial charge in [-0.15, -0.1) is 0 Å². The predicted molar refractivity (Wildman–Crippen MR) is 165 cm³/mol. The largest absolute Gasteiger partial charge is 0.465 e. The summed E-state index contributed by atoms with van der Waals surface area (Å²) in [5, 5.41) is 0. The molecule has 47 heavy (non-hydrogen) atoms. The molecule has 0 amide bonds. The van der Waals surface area contributed by atoms with Crippen LogP contribution < -0.4 is 4.74 Å². The van der Waals surface area contributed by atoms with E-state index >= 15 is 0 Å². The Balaban J connectivity index is 1.45. The number of ether oxygens (including phenoxy) is 4. The van der Waals surface area contributed by atoms with Crippen LogP contribution in [0.5, 0.6) is 5.75 Å². The lowest BCUT2D eigenvalue weighted by Crippen LogP contribution is -2.47. The van der Waals surface area contributed by atoms with Crippen molar-refractivity contribution >= 4 is 23.9 Å². The molecular weight excluding hydrogens is 617 g/mol. The molecule has 0 spiro atoms. The van der Waals surface area contributed by atoms with Crippen LogP contribution in [0.1, 0.15) is 52.1 Å². The summed E-state index contributed by atoms with van der Waals surface area (Å²) in [7, 11) is 0. The Morgan fingerprint density at radius 3 is 1.77 bits per heavy atom. The number of hydrogen-bond acceptors (Lipinski definition) is 8. The fourth-order valence-corrected chi connectivity index (χ4v) is 4.85. The van der Waals surface area contributed by atoms with E-state index in [0.29, 0.717) is 16.7 Å². The van der Waals surface area contributed by atoms with Crippen molar-refractivity contribution in [1.82, 2.24) is 0 Å². The molecule has 8 nitrogen and oxygen atoms in total. The minimum Gasteiger partial charge on any atom is -0.465 e. The molecule has 0 bridgehead atoms. The topological polar surface area (TPSA) is 105 Å². The number of hydrogen-bond donors (Lipinski definition) is 0. The van der Waals surface area contributed by atoms with E-state index in [1.165, 1.54) is 42.5 Å². The van der Waals surface area contributed by atoms with Crippen LogP contribution >= 0.6 is 0 Å². The first-order chi connectivity index (χ1) is 22.5. The standard InChI is InChI=1S/C36H31F3O8/c1-3-44-33(42)35(34(43)45-4-2,26-10-6-5-7-11-26)22-23-46-31(40)25-16-20-28(21-17-25)47-32(41)30-13-9-8-12-29(30)24-14-18-27(19-15-24)36(37,38)39/h5-21H,3-4,22-23H2,1-2H3. The SMILES string of the molecule is CCOC(=O)C(CCOC(=O)c1ccc(OC(=O)c2ccccc2-c2ccc(C(F)(F)F)cc2)cc1)(C(=O)OCC)c1ccccc1. The van der Waals surface area contributed by atoms with Crippen molar-refractivity contribution in [2.75, 3.05) is 19.8 Å². The number of carbonyl (C=O) groups is 4. The molecule has 4 aromatic rings. The summed E-state index contributed by atoms with van der Waals surface area (Å²) in [6.07, 6.45) is -4.73. The van der Waals surface area contributed by atoms with Crippen molar-refractivity contribution in [3.8, 4) is 16.9 Å². The molecule has 0 unspecified atom stereocenters. The van der Waals surface area contributed by atoms with Crippen molar-refractivity contribution in [3.05, 3.63) is 125 Å². The molecule has 0 aromatic heterocycles. The molecular formula is C36H31F3O8. The highest BCUT2D eigenvalue weighted by Crippen LogP contribution is 2.33. The smallest absolute Gasteiger partial charge is 0.416 e. The third kappa shape index (κ3) is 8.04. The van der Waals surface area contributed by atoms with Crippen molar-refractivity contribution in [2.45, 2.75) is 31.9 Å². The number of alkyl halides is 3. The fourth-order valence-electron chi connectivity index (χ4n) is 4.85. The minimum absolute atomic E-state index is 0.0180. The third-order valence-corrected chi connectivity index (χ3v) is 7.20. The lowest BCUT2D eigenvalue weighted by atomic mass is 9.77. The summed E-state index contributed by atoms with van der Waals surface area (Å²) >= 11 is 0. The number of benzene rings is 4. The monoisotopic (exact) mass is 648 g/mol. The fraction of sp³-hybridized carbons (Fsp3) is 0.222. The van der Waals surface area contributed by atoms with Gasteiger partial charge >= 0.3 is 30.1 Å². The summed E-state index contributed by atoms with van der Waals surface area (Å²) in [6.45, 7) is 2.92. The molecule has 4 rings (SSSR count). The maximum atomic E-state index is 13.2. The van der Waals surface area contributed by atoms with Crippen LogP contribution in [0.4, 0.5) is 13.2 Å². The first-order valence-electron chi connectivity index (χ1n) is 14.7. The average Bonchev–Trinajstić information content (AvgIpc) is 3.07. The van der Waals surface area contributed by atoms with E-state index in [2.05, 4.69) is 0 Å². The molecule has 244 valence electrons. The Bertz CT molecular complexity index is 1680. The molecule has 0 aliphatic rings. The summed E-state index contributed by atoms with van der Waals surface area (Å²) in [5.41, 5.74) is -1.34. The Labute approximate surface area is 269 Å². The molecule has 0 aliphatic carbocycles. The normalized spacial score (nSPS) is 11.3. The Kier molecular flexibility index (Phi) is 11.1. The molecule has 0 atom stereocenters. The van der Waals surface area contributed by atoms with Gasteiger partial charge in [0.1, 0.15) is 5.75 Å². The van der Waals surface area contributed by atoms with Crippen molar-refractivity contribution in [1.29, 1.82) is 0 Å². The van der Waals surface area contributed by atoms with Gasteiger partial charge in [0.15, 0.2) is 5.41 Å². The van der Waals surface area contributed by atoms with Gasteiger partial charge < -0.3 is 18.9 Å². The van der Waals surface area contributed by atoms with Gasteiger partial charge in [-0.3, -0.25) is 9.59 Å². The predicted octanol–water partition coefficient (Wildman–Crippen LogP) is 7.20. The second-order valence-electron chi connectivity index (χ2n) is 10.1. The number of halogens is 3. The van der Waals surface area contributed by atoms with Crippen molar-refractivity contribution < 1.29 is 51.3 Å². The van der Waals surface area contributed by atoms with Crippen LogP contribution in [0.2, 0.25) is 0 Å². The van der Waals surface area contributed by atoms with E-state index in [1.807, 2.05) is 0 Å². The van der Waals surface area contributed by atoms with E-state index in [1.54, 1.807) is 62.4 Å². The van der Waals surface area contributed by atoms with Crippen LogP contribution in [0, 0.1) is 0 Å². The van der Waals surface area contributed by atoms with Crippen LogP contribution in [0.3, 0.4) is 0 Å². The van der Waals surface area contributed by atoms with E-state index in [4.69, 9.17) is 18.9 Å². The lowest BCUT2D eigenvalue weighted by Gasteiger charge is -2.29. The number of carbonyl (C=O) groups excluding carboxylic acids is 4. The third-order valence-electron chi connectivity index (χ3n) is 7.20. The molecule has 0 radical (unpaired) electrons. The Morgan fingerprint density at radius 2 is 1.19 bits per heavy atom. The van der Waals surface area contributed by atoms with Crippen LogP contribution in [0.25, 0.3) is 11.1 Å². The van der Waals surface area contributed by atoms with E-state index in [-0.39, 0.29) is 43.1 Å². The highest BCUT2D eigenvalue weighted by molar-refractivity contribution is 6.06. The van der Waals surface area contributed by atoms with Crippen LogP contribution in [-0.2, 0) is 35.4 Å². The first kappa shape index (κ1) is 34.4. The van der Waals surface area contributed by atoms with E-state index in [0.717, 1.165) is 12.1 Å². The minimum atomic E-state index is -4.49. The van der Waals surface area contributed by atoms with Crippen LogP contribution in [-0.4, -0.2) is 43.7 Å². The van der Waals surface area contributed by atoms with Crippen molar-refractivity contribution in [2.24, 2.45) is 0 Å². The quantitative estimate of drug-likeness (QED) is 0.0688. The zero-order valence-corrected chi connectivity index (χ0v) is 25.5. The van der Waals surface area contributed by atoms with E-state index < -0.39 is 41.0 Å². The maximum Gasteiger partial charge on any atom is 0.416 e. The molecule has 0 fully saturated rings. The number of rotatable bonds is 12. The molecule has 0 N–H and O–H groups in total. The molecule has 0 aliphatic heterocycles. The summed E-state index contributed by atoms with van der Waals surface area (Å²) in [6, 6.07) is 24.5. The van der Waals surface area contributed by atoms with Gasteiger partial charge in [0.05, 0.1) is 36.5 Å². The molecule has 4 aromatic carbocycles. The summed E-state index contributed by atoms with van der Waals surface area (Å²) in [4.78, 5) is 52.2. The van der Waals surface area contributed by atoms with Gasteiger partial charge in [-0.1, -0.05) is 60.7 Å². The number of esters is 4. The summed E-state index contributed by atoms with van der Waals surface area (Å²) < 4.78 is 60.3. The van der Waals surface area contributed by atoms with Gasteiger partial charge in [-0.05, 0) is 73.0 Å². The second-order valence-corrected chi connectivity index (χ2v) is 10.1. The highest BCUT2D eigenvalue weighted by atomic mass is 19.4. The molecule has 11 heteroatoms. The average molecular weight is 649 g/mol. The maximum absolute atomic E-state index is 13.2. The van der Waals surface area contributed by atoms with Crippen molar-refractivity contribution in [3.63, 3.8) is 0 Å². The van der Waals surface area contributed by atoms with E-state index in [9.17, 15) is 32.3 Å². The van der Waals surface area contributed by atoms with Gasteiger partial charge in [0.25, 0.3) is 0 Å². The molecule has 0 heterocycles. The van der Waals surface area contributed by atoms with Crippen LogP contribution in [0.15, 0.2) is 103 Å². The van der Waals surface area contributed by atoms with Gasteiger partial charge in [0.2, 0.25) is 0 Å². The Hall–Kier alpha value is -5.45. The zero-order chi connectivity index (χ0) is 34.0. The first-order valence-corrected chi connectivity index (χ1v) is 14.7. The Morgan fingerprint density at radius 1 is 0.617 bits per heavy atom. The molecule has 0 saturated carbocycles. The lowest BCUT2D eigenvalue weighted by molar-refractivity contribution is -0.166.